The number of halogens is 1. The first-order valence-corrected chi connectivity index (χ1v) is 7.68. The molecule has 19 heavy (non-hydrogen) atoms. The second kappa shape index (κ2) is 5.35. The summed E-state index contributed by atoms with van der Waals surface area (Å²) in [4.78, 5) is 8.86. The second-order valence-electron chi connectivity index (χ2n) is 4.30. The van der Waals surface area contributed by atoms with Crippen molar-refractivity contribution in [3.05, 3.63) is 58.6 Å². The summed E-state index contributed by atoms with van der Waals surface area (Å²) in [6.07, 6.45) is 5.64. The molecule has 0 aliphatic rings. The molecule has 2 heterocycles. The van der Waals surface area contributed by atoms with Crippen LogP contribution in [0.5, 0.6) is 0 Å². The molecule has 3 rings (SSSR count). The molecule has 0 amide bonds. The molecule has 5 heteroatoms. The largest absolute Gasteiger partial charge is 0.302 e. The third-order valence-corrected chi connectivity index (χ3v) is 4.18. The van der Waals surface area contributed by atoms with E-state index in [1.54, 1.807) is 18.0 Å². The number of aryl methyl sites for hydroxylation is 1. The number of aromatic nitrogens is 3. The summed E-state index contributed by atoms with van der Waals surface area (Å²) in [7, 11) is 0. The highest BCUT2D eigenvalue weighted by Crippen LogP contribution is 2.26. The van der Waals surface area contributed by atoms with E-state index in [0.717, 1.165) is 21.0 Å². The van der Waals surface area contributed by atoms with Gasteiger partial charge < -0.3 is 4.40 Å². The van der Waals surface area contributed by atoms with E-state index in [2.05, 4.69) is 57.1 Å². The van der Waals surface area contributed by atoms with E-state index in [0.29, 0.717) is 0 Å². The van der Waals surface area contributed by atoms with Gasteiger partial charge in [-0.25, -0.2) is 9.97 Å². The number of rotatable bonds is 3. The van der Waals surface area contributed by atoms with E-state index in [4.69, 9.17) is 0 Å². The molecule has 0 spiro atoms. The molecule has 0 atom stereocenters. The number of hydrogen-bond donors (Lipinski definition) is 0. The van der Waals surface area contributed by atoms with Crippen LogP contribution in [0.1, 0.15) is 11.1 Å². The summed E-state index contributed by atoms with van der Waals surface area (Å²) in [6.45, 7) is 2.11. The molecular weight excluding hydrogens is 322 g/mol. The van der Waals surface area contributed by atoms with Crippen molar-refractivity contribution in [1.82, 2.24) is 14.4 Å². The summed E-state index contributed by atoms with van der Waals surface area (Å²) >= 11 is 5.14. The Labute approximate surface area is 124 Å². The highest BCUT2D eigenvalue weighted by Gasteiger charge is 2.07. The molecule has 3 aromatic rings. The normalized spacial score (nSPS) is 11.1. The monoisotopic (exact) mass is 333 g/mol. The first kappa shape index (κ1) is 12.7. The topological polar surface area (TPSA) is 30.2 Å². The van der Waals surface area contributed by atoms with Crippen molar-refractivity contribution in [2.24, 2.45) is 0 Å². The van der Waals surface area contributed by atoms with Crippen molar-refractivity contribution in [3.8, 4) is 0 Å². The Morgan fingerprint density at radius 2 is 2.26 bits per heavy atom. The SMILES string of the molecule is Cc1cccc(CSc2nc(Br)cn3ccnc23)c1. The number of thioether (sulfide) groups is 1. The Morgan fingerprint density at radius 1 is 1.37 bits per heavy atom. The van der Waals surface area contributed by atoms with Gasteiger partial charge in [0.2, 0.25) is 0 Å². The lowest BCUT2D eigenvalue weighted by Gasteiger charge is -2.05. The van der Waals surface area contributed by atoms with Gasteiger partial charge in [0.1, 0.15) is 9.63 Å². The Hall–Kier alpha value is -1.33. The summed E-state index contributed by atoms with van der Waals surface area (Å²) in [5.74, 6) is 0.896. The second-order valence-corrected chi connectivity index (χ2v) is 6.08. The zero-order valence-corrected chi connectivity index (χ0v) is 12.8. The van der Waals surface area contributed by atoms with Gasteiger partial charge >= 0.3 is 0 Å². The van der Waals surface area contributed by atoms with E-state index < -0.39 is 0 Å². The lowest BCUT2D eigenvalue weighted by molar-refractivity contribution is 1.01. The molecule has 0 bridgehead atoms. The van der Waals surface area contributed by atoms with Gasteiger partial charge in [-0.05, 0) is 28.4 Å². The summed E-state index contributed by atoms with van der Waals surface area (Å²) < 4.78 is 2.81. The average molecular weight is 334 g/mol. The Kier molecular flexibility index (Phi) is 3.57. The van der Waals surface area contributed by atoms with Gasteiger partial charge in [-0.3, -0.25) is 0 Å². The van der Waals surface area contributed by atoms with Gasteiger partial charge in [-0.1, -0.05) is 41.6 Å². The predicted molar refractivity (Wildman–Crippen MR) is 81.4 cm³/mol. The first-order valence-electron chi connectivity index (χ1n) is 5.90. The lowest BCUT2D eigenvalue weighted by atomic mass is 10.2. The van der Waals surface area contributed by atoms with Gasteiger partial charge in [-0.2, -0.15) is 0 Å². The maximum absolute atomic E-state index is 4.51. The zero-order chi connectivity index (χ0) is 13.2. The number of fused-ring (bicyclic) bond motifs is 1. The van der Waals surface area contributed by atoms with E-state index in [1.165, 1.54) is 11.1 Å². The molecule has 0 radical (unpaired) electrons. The number of imidazole rings is 1. The van der Waals surface area contributed by atoms with Gasteiger partial charge in [0.05, 0.1) is 0 Å². The molecule has 0 saturated heterocycles. The van der Waals surface area contributed by atoms with Crippen molar-refractivity contribution in [2.75, 3.05) is 0 Å². The maximum atomic E-state index is 4.51. The number of nitrogens with zero attached hydrogens (tertiary/aromatic N) is 3. The predicted octanol–water partition coefficient (Wildman–Crippen LogP) is 4.09. The minimum Gasteiger partial charge on any atom is -0.302 e. The fraction of sp³-hybridized carbons (Fsp3) is 0.143. The molecule has 1 aromatic carbocycles. The lowest BCUT2D eigenvalue weighted by Crippen LogP contribution is -1.92. The van der Waals surface area contributed by atoms with Crippen LogP contribution in [-0.2, 0) is 5.75 Å². The van der Waals surface area contributed by atoms with Crippen LogP contribution < -0.4 is 0 Å². The highest BCUT2D eigenvalue weighted by atomic mass is 79.9. The minimum atomic E-state index is 0.824. The van der Waals surface area contributed by atoms with Crippen molar-refractivity contribution >= 4 is 33.3 Å². The molecule has 0 N–H and O–H groups in total. The molecule has 0 unspecified atom stereocenters. The van der Waals surface area contributed by atoms with E-state index in [-0.39, 0.29) is 0 Å². The van der Waals surface area contributed by atoms with Crippen LogP contribution in [0.2, 0.25) is 0 Å². The summed E-state index contributed by atoms with van der Waals surface area (Å²) in [6, 6.07) is 8.54. The minimum absolute atomic E-state index is 0.824. The molecule has 3 nitrogen and oxygen atoms in total. The van der Waals surface area contributed by atoms with Gasteiger partial charge in [0.25, 0.3) is 0 Å². The highest BCUT2D eigenvalue weighted by molar-refractivity contribution is 9.10. The van der Waals surface area contributed by atoms with E-state index in [1.807, 2.05) is 16.8 Å². The maximum Gasteiger partial charge on any atom is 0.169 e. The molecule has 0 aliphatic carbocycles. The summed E-state index contributed by atoms with van der Waals surface area (Å²) in [5, 5.41) is 0.945. The van der Waals surface area contributed by atoms with Crippen LogP contribution in [0.4, 0.5) is 0 Å². The van der Waals surface area contributed by atoms with Crippen molar-refractivity contribution < 1.29 is 0 Å². The van der Waals surface area contributed by atoms with Crippen molar-refractivity contribution in [2.45, 2.75) is 17.7 Å². The molecule has 0 fully saturated rings. The molecule has 0 saturated carbocycles. The van der Waals surface area contributed by atoms with Crippen LogP contribution in [0.25, 0.3) is 5.65 Å². The Morgan fingerprint density at radius 3 is 3.11 bits per heavy atom. The molecule has 0 aliphatic heterocycles. The zero-order valence-electron chi connectivity index (χ0n) is 10.4. The summed E-state index contributed by atoms with van der Waals surface area (Å²) in [5.41, 5.74) is 3.49. The first-order chi connectivity index (χ1) is 9.22. The van der Waals surface area contributed by atoms with Gasteiger partial charge in [-0.15, -0.1) is 0 Å². The van der Waals surface area contributed by atoms with Gasteiger partial charge in [0.15, 0.2) is 5.65 Å². The van der Waals surface area contributed by atoms with Crippen molar-refractivity contribution in [1.29, 1.82) is 0 Å². The number of benzene rings is 1. The Balaban J connectivity index is 1.87. The van der Waals surface area contributed by atoms with Crippen LogP contribution in [-0.4, -0.2) is 14.4 Å². The third kappa shape index (κ3) is 2.82. The van der Waals surface area contributed by atoms with E-state index in [9.17, 15) is 0 Å². The van der Waals surface area contributed by atoms with Crippen LogP contribution in [0.3, 0.4) is 0 Å². The van der Waals surface area contributed by atoms with Gasteiger partial charge in [0, 0.05) is 24.3 Å². The average Bonchev–Trinajstić information content (AvgIpc) is 2.84. The smallest absolute Gasteiger partial charge is 0.169 e. The molecule has 2 aromatic heterocycles. The van der Waals surface area contributed by atoms with Crippen molar-refractivity contribution in [3.63, 3.8) is 0 Å². The van der Waals surface area contributed by atoms with E-state index >= 15 is 0 Å². The fourth-order valence-corrected chi connectivity index (χ4v) is 3.37. The Bertz CT molecular complexity index is 724. The van der Waals surface area contributed by atoms with Crippen LogP contribution in [0, 0.1) is 6.92 Å². The quantitative estimate of drug-likeness (QED) is 0.676. The third-order valence-electron chi connectivity index (χ3n) is 2.77. The molecular formula is C14H12BrN3S. The fourth-order valence-electron chi connectivity index (χ4n) is 1.92. The van der Waals surface area contributed by atoms with Crippen LogP contribution in [0.15, 0.2) is 52.5 Å². The molecule has 96 valence electrons. The standard InChI is InChI=1S/C14H12BrN3S/c1-10-3-2-4-11(7-10)9-19-14-13-16-5-6-18(13)8-12(15)17-14/h2-8H,9H2,1H3. The van der Waals surface area contributed by atoms with Crippen LogP contribution >= 0.6 is 27.7 Å². The number of hydrogen-bond acceptors (Lipinski definition) is 3.